The molecule has 1 aromatic heterocycles. The molecule has 0 saturated carbocycles. The van der Waals surface area contributed by atoms with Crippen molar-refractivity contribution >= 4 is 17.7 Å². The highest BCUT2D eigenvalue weighted by atomic mass is 16.2. The fourth-order valence-electron chi connectivity index (χ4n) is 2.05. The van der Waals surface area contributed by atoms with E-state index in [2.05, 4.69) is 15.6 Å². The Bertz CT molecular complexity index is 590. The van der Waals surface area contributed by atoms with Crippen LogP contribution in [0.4, 0.5) is 0 Å². The summed E-state index contributed by atoms with van der Waals surface area (Å²) in [7, 11) is 0. The number of hydrogen-bond donors (Lipinski definition) is 2. The number of imide groups is 1. The number of carbonyl (C=O) groups excluding carboxylic acids is 3. The lowest BCUT2D eigenvalue weighted by atomic mass is 9.87. The Kier molecular flexibility index (Phi) is 4.06. The number of piperidine rings is 1. The SMILES string of the molecule is CC(C)(C)c1cncc(C(=O)NC2CCC(=O)NC2=O)c1. The van der Waals surface area contributed by atoms with Crippen LogP contribution in [0.3, 0.4) is 0 Å². The minimum absolute atomic E-state index is 0.113. The van der Waals surface area contributed by atoms with E-state index in [1.165, 1.54) is 6.20 Å². The number of pyridine rings is 1. The van der Waals surface area contributed by atoms with E-state index in [1.54, 1.807) is 12.3 Å². The van der Waals surface area contributed by atoms with Crippen molar-refractivity contribution in [1.82, 2.24) is 15.6 Å². The van der Waals surface area contributed by atoms with Crippen molar-refractivity contribution in [3.63, 3.8) is 0 Å². The molecule has 2 N–H and O–H groups in total. The van der Waals surface area contributed by atoms with Crippen LogP contribution in [0.15, 0.2) is 18.5 Å². The highest BCUT2D eigenvalue weighted by Gasteiger charge is 2.28. The molecule has 1 aliphatic rings. The van der Waals surface area contributed by atoms with Gasteiger partial charge in [0.15, 0.2) is 0 Å². The molecule has 0 bridgehead atoms. The molecule has 3 amide bonds. The van der Waals surface area contributed by atoms with E-state index < -0.39 is 11.9 Å². The second-order valence-electron chi connectivity index (χ2n) is 6.19. The van der Waals surface area contributed by atoms with Gasteiger partial charge in [-0.2, -0.15) is 0 Å². The molecule has 6 nitrogen and oxygen atoms in total. The summed E-state index contributed by atoms with van der Waals surface area (Å²) < 4.78 is 0. The van der Waals surface area contributed by atoms with Crippen LogP contribution in [-0.4, -0.2) is 28.7 Å². The Morgan fingerprint density at radius 1 is 1.33 bits per heavy atom. The second-order valence-corrected chi connectivity index (χ2v) is 6.19. The zero-order valence-corrected chi connectivity index (χ0v) is 12.4. The third-order valence-corrected chi connectivity index (χ3v) is 3.41. The van der Waals surface area contributed by atoms with Gasteiger partial charge in [0.25, 0.3) is 5.91 Å². The minimum atomic E-state index is -0.673. The fraction of sp³-hybridized carbons (Fsp3) is 0.467. The average molecular weight is 289 g/mol. The summed E-state index contributed by atoms with van der Waals surface area (Å²) in [6, 6.07) is 1.10. The molecule has 0 aliphatic carbocycles. The quantitative estimate of drug-likeness (QED) is 0.792. The van der Waals surface area contributed by atoms with Crippen molar-refractivity contribution in [2.75, 3.05) is 0 Å². The number of aromatic nitrogens is 1. The number of nitrogens with zero attached hydrogens (tertiary/aromatic N) is 1. The number of rotatable bonds is 2. The third kappa shape index (κ3) is 3.65. The summed E-state index contributed by atoms with van der Waals surface area (Å²) in [5.74, 6) is -1.12. The zero-order valence-electron chi connectivity index (χ0n) is 12.4. The van der Waals surface area contributed by atoms with Gasteiger partial charge in [0.1, 0.15) is 6.04 Å². The van der Waals surface area contributed by atoms with E-state index in [0.29, 0.717) is 12.0 Å². The molecule has 2 rings (SSSR count). The molecule has 2 heterocycles. The number of amides is 3. The van der Waals surface area contributed by atoms with Crippen molar-refractivity contribution < 1.29 is 14.4 Å². The maximum atomic E-state index is 12.2. The maximum Gasteiger partial charge on any atom is 0.253 e. The number of nitrogens with one attached hydrogen (secondary N) is 2. The van der Waals surface area contributed by atoms with Crippen molar-refractivity contribution in [3.8, 4) is 0 Å². The predicted molar refractivity (Wildman–Crippen MR) is 76.6 cm³/mol. The molecule has 1 saturated heterocycles. The highest BCUT2D eigenvalue weighted by Crippen LogP contribution is 2.21. The Morgan fingerprint density at radius 3 is 2.67 bits per heavy atom. The molecular weight excluding hydrogens is 270 g/mol. The van der Waals surface area contributed by atoms with Crippen molar-refractivity contribution in [2.45, 2.75) is 45.1 Å². The number of carbonyl (C=O) groups is 3. The molecule has 1 aromatic rings. The second kappa shape index (κ2) is 5.63. The summed E-state index contributed by atoms with van der Waals surface area (Å²) in [5.41, 5.74) is 1.24. The Balaban J connectivity index is 2.10. The molecule has 6 heteroatoms. The third-order valence-electron chi connectivity index (χ3n) is 3.41. The van der Waals surface area contributed by atoms with Gasteiger partial charge in [-0.25, -0.2) is 0 Å². The molecule has 1 aliphatic heterocycles. The van der Waals surface area contributed by atoms with Gasteiger partial charge in [0.2, 0.25) is 11.8 Å². The van der Waals surface area contributed by atoms with E-state index in [9.17, 15) is 14.4 Å². The minimum Gasteiger partial charge on any atom is -0.340 e. The monoisotopic (exact) mass is 289 g/mol. The van der Waals surface area contributed by atoms with Crippen LogP contribution in [0.25, 0.3) is 0 Å². The van der Waals surface area contributed by atoms with Crippen LogP contribution in [0.5, 0.6) is 0 Å². The molecular formula is C15H19N3O3. The van der Waals surface area contributed by atoms with Crippen LogP contribution in [0.2, 0.25) is 0 Å². The Morgan fingerprint density at radius 2 is 2.05 bits per heavy atom. The number of hydrogen-bond acceptors (Lipinski definition) is 4. The average Bonchev–Trinajstić information content (AvgIpc) is 2.41. The van der Waals surface area contributed by atoms with Gasteiger partial charge in [-0.1, -0.05) is 20.8 Å². The summed E-state index contributed by atoms with van der Waals surface area (Å²) in [6.07, 6.45) is 3.75. The van der Waals surface area contributed by atoms with Gasteiger partial charge in [0.05, 0.1) is 5.56 Å². The lowest BCUT2D eigenvalue weighted by Gasteiger charge is -2.22. The van der Waals surface area contributed by atoms with E-state index in [1.807, 2.05) is 20.8 Å². The van der Waals surface area contributed by atoms with Crippen LogP contribution in [-0.2, 0) is 15.0 Å². The van der Waals surface area contributed by atoms with Crippen LogP contribution in [0.1, 0.15) is 49.5 Å². The first-order valence-electron chi connectivity index (χ1n) is 6.87. The molecule has 1 fully saturated rings. The molecule has 1 unspecified atom stereocenters. The van der Waals surface area contributed by atoms with Gasteiger partial charge < -0.3 is 5.32 Å². The molecule has 0 spiro atoms. The highest BCUT2D eigenvalue weighted by molar-refractivity contribution is 6.03. The molecule has 0 aromatic carbocycles. The van der Waals surface area contributed by atoms with E-state index in [0.717, 1.165) is 5.56 Å². The van der Waals surface area contributed by atoms with E-state index in [-0.39, 0.29) is 23.7 Å². The zero-order chi connectivity index (χ0) is 15.6. The summed E-state index contributed by atoms with van der Waals surface area (Å²) in [5, 5.41) is 4.85. The van der Waals surface area contributed by atoms with Gasteiger partial charge in [0, 0.05) is 18.8 Å². The first-order valence-corrected chi connectivity index (χ1v) is 6.87. The molecule has 0 radical (unpaired) electrons. The lowest BCUT2D eigenvalue weighted by molar-refractivity contribution is -0.134. The first kappa shape index (κ1) is 15.2. The summed E-state index contributed by atoms with van der Waals surface area (Å²) in [4.78, 5) is 39.0. The van der Waals surface area contributed by atoms with Crippen LogP contribution >= 0.6 is 0 Å². The summed E-state index contributed by atoms with van der Waals surface area (Å²) >= 11 is 0. The molecule has 21 heavy (non-hydrogen) atoms. The topological polar surface area (TPSA) is 88.2 Å². The Hall–Kier alpha value is -2.24. The van der Waals surface area contributed by atoms with Crippen molar-refractivity contribution in [1.29, 1.82) is 0 Å². The first-order chi connectivity index (χ1) is 9.77. The maximum absolute atomic E-state index is 12.2. The summed E-state index contributed by atoms with van der Waals surface area (Å²) in [6.45, 7) is 6.10. The van der Waals surface area contributed by atoms with Gasteiger partial charge in [-0.3, -0.25) is 24.7 Å². The smallest absolute Gasteiger partial charge is 0.253 e. The van der Waals surface area contributed by atoms with Gasteiger partial charge >= 0.3 is 0 Å². The lowest BCUT2D eigenvalue weighted by Crippen LogP contribution is -2.52. The van der Waals surface area contributed by atoms with Crippen LogP contribution in [0, 0.1) is 0 Å². The standard InChI is InChI=1S/C15H19N3O3/c1-15(2,3)10-6-9(7-16-8-10)13(20)17-11-4-5-12(19)18-14(11)21/h6-8,11H,4-5H2,1-3H3,(H,17,20)(H,18,19,21). The van der Waals surface area contributed by atoms with E-state index in [4.69, 9.17) is 0 Å². The van der Waals surface area contributed by atoms with Gasteiger partial charge in [-0.15, -0.1) is 0 Å². The van der Waals surface area contributed by atoms with Crippen LogP contribution < -0.4 is 10.6 Å². The molecule has 1 atom stereocenters. The fourth-order valence-corrected chi connectivity index (χ4v) is 2.05. The Labute approximate surface area is 123 Å². The molecule has 112 valence electrons. The normalized spacial score (nSPS) is 19.1. The van der Waals surface area contributed by atoms with Crippen molar-refractivity contribution in [2.24, 2.45) is 0 Å². The van der Waals surface area contributed by atoms with Gasteiger partial charge in [-0.05, 0) is 23.5 Å². The predicted octanol–water partition coefficient (Wildman–Crippen LogP) is 0.914. The largest absolute Gasteiger partial charge is 0.340 e. The van der Waals surface area contributed by atoms with Crippen molar-refractivity contribution in [3.05, 3.63) is 29.6 Å². The van der Waals surface area contributed by atoms with E-state index >= 15 is 0 Å².